The smallest absolute Gasteiger partial charge is 0.335 e. The normalized spacial score (nSPS) is 14.1. The first-order valence-electron chi connectivity index (χ1n) is 13.3. The van der Waals surface area contributed by atoms with Gasteiger partial charge in [0.15, 0.2) is 11.5 Å². The van der Waals surface area contributed by atoms with E-state index in [9.17, 15) is 14.4 Å². The average Bonchev–Trinajstić information content (AvgIpc) is 3.00. The van der Waals surface area contributed by atoms with E-state index in [-0.39, 0.29) is 22.9 Å². The van der Waals surface area contributed by atoms with Crippen LogP contribution in [0, 0.1) is 0 Å². The topological polar surface area (TPSA) is 94.2 Å². The van der Waals surface area contributed by atoms with Gasteiger partial charge < -0.3 is 14.2 Å². The lowest BCUT2D eigenvalue weighted by molar-refractivity contribution is -0.122. The Balaban J connectivity index is 1.35. The summed E-state index contributed by atoms with van der Waals surface area (Å²) in [6, 6.07) is 25.5. The minimum absolute atomic E-state index is 0.236. The number of rotatable bonds is 10. The Morgan fingerprint density at radius 3 is 2.16 bits per heavy atom. The molecule has 1 N–H and O–H groups in total. The number of benzene rings is 4. The number of carbonyl (C=O) groups excluding carboxylic acids is 3. The summed E-state index contributed by atoms with van der Waals surface area (Å²) in [5, 5.41) is 3.09. The Morgan fingerprint density at radius 1 is 0.791 bits per heavy atom. The Morgan fingerprint density at radius 2 is 1.47 bits per heavy atom. The molecule has 0 aliphatic carbocycles. The van der Waals surface area contributed by atoms with E-state index in [1.807, 2.05) is 49.4 Å². The first kappa shape index (κ1) is 29.7. The molecular formula is C33H26Cl2N2O6. The van der Waals surface area contributed by atoms with Gasteiger partial charge in [0.05, 0.1) is 17.3 Å². The number of anilines is 1. The minimum atomic E-state index is -0.861. The molecule has 0 radical (unpaired) electrons. The molecule has 0 bridgehead atoms. The van der Waals surface area contributed by atoms with Gasteiger partial charge in [-0.25, -0.2) is 9.69 Å². The summed E-state index contributed by atoms with van der Waals surface area (Å²) in [6.45, 7) is 2.72. The second kappa shape index (κ2) is 13.5. The number of barbiturate groups is 1. The molecule has 0 spiro atoms. The van der Waals surface area contributed by atoms with Gasteiger partial charge in [-0.15, -0.1) is 0 Å². The van der Waals surface area contributed by atoms with Crippen LogP contribution < -0.4 is 24.4 Å². The number of nitrogens with one attached hydrogen (secondary N) is 1. The second-order valence-corrected chi connectivity index (χ2v) is 10.2. The highest BCUT2D eigenvalue weighted by molar-refractivity contribution is 6.39. The maximum absolute atomic E-state index is 13.4. The highest BCUT2D eigenvalue weighted by atomic mass is 35.5. The standard InChI is InChI=1S/C33H26Cl2N2O6/c1-2-41-29-18-23(17-28(35)30(29)43-20-21-6-4-3-5-7-21)16-27-31(38)36-33(40)37(32(27)39)25-12-14-26(15-13-25)42-19-22-8-10-24(34)11-9-22/h3-18H,2,19-20H2,1H3,(H,36,38,40)/b27-16+. The Bertz CT molecular complexity index is 1670. The lowest BCUT2D eigenvalue weighted by atomic mass is 10.1. The third-order valence-corrected chi connectivity index (χ3v) is 6.92. The molecule has 218 valence electrons. The van der Waals surface area contributed by atoms with Crippen molar-refractivity contribution in [3.63, 3.8) is 0 Å². The van der Waals surface area contributed by atoms with E-state index in [0.29, 0.717) is 41.0 Å². The maximum atomic E-state index is 13.4. The number of hydrogen-bond acceptors (Lipinski definition) is 6. The van der Waals surface area contributed by atoms with Crippen LogP contribution in [-0.4, -0.2) is 24.5 Å². The van der Waals surface area contributed by atoms with Crippen LogP contribution in [0.15, 0.2) is 96.6 Å². The van der Waals surface area contributed by atoms with Crippen LogP contribution in [0.3, 0.4) is 0 Å². The van der Waals surface area contributed by atoms with Crippen LogP contribution >= 0.6 is 23.2 Å². The SMILES string of the molecule is CCOc1cc(/C=C2\C(=O)NC(=O)N(c3ccc(OCc4ccc(Cl)cc4)cc3)C2=O)cc(Cl)c1OCc1ccccc1. The highest BCUT2D eigenvalue weighted by Crippen LogP contribution is 2.38. The van der Waals surface area contributed by atoms with Crippen molar-refractivity contribution in [2.24, 2.45) is 0 Å². The quantitative estimate of drug-likeness (QED) is 0.149. The molecule has 1 aliphatic heterocycles. The van der Waals surface area contributed by atoms with Crippen molar-refractivity contribution in [3.05, 3.63) is 123 Å². The molecule has 0 unspecified atom stereocenters. The molecule has 0 aromatic heterocycles. The monoisotopic (exact) mass is 616 g/mol. The van der Waals surface area contributed by atoms with Gasteiger partial charge in [-0.1, -0.05) is 65.7 Å². The summed E-state index contributed by atoms with van der Waals surface area (Å²) < 4.78 is 17.5. The molecule has 10 heteroatoms. The fraction of sp³-hybridized carbons (Fsp3) is 0.121. The molecular weight excluding hydrogens is 591 g/mol. The van der Waals surface area contributed by atoms with Gasteiger partial charge in [-0.05, 0) is 78.2 Å². The number of ether oxygens (including phenoxy) is 3. The molecule has 8 nitrogen and oxygen atoms in total. The van der Waals surface area contributed by atoms with Crippen molar-refractivity contribution in [3.8, 4) is 17.2 Å². The number of amides is 4. The number of hydrogen-bond donors (Lipinski definition) is 1. The van der Waals surface area contributed by atoms with Crippen molar-refractivity contribution < 1.29 is 28.6 Å². The van der Waals surface area contributed by atoms with Gasteiger partial charge in [0.25, 0.3) is 11.8 Å². The van der Waals surface area contributed by atoms with Crippen LogP contribution in [-0.2, 0) is 22.8 Å². The molecule has 4 amide bonds. The van der Waals surface area contributed by atoms with Crippen molar-refractivity contribution in [1.82, 2.24) is 5.32 Å². The molecule has 4 aromatic carbocycles. The average molecular weight is 617 g/mol. The van der Waals surface area contributed by atoms with E-state index in [1.54, 1.807) is 48.5 Å². The lowest BCUT2D eigenvalue weighted by Gasteiger charge is -2.26. The van der Waals surface area contributed by atoms with Crippen molar-refractivity contribution in [1.29, 1.82) is 0 Å². The van der Waals surface area contributed by atoms with E-state index >= 15 is 0 Å². The van der Waals surface area contributed by atoms with Gasteiger partial charge in [0, 0.05) is 5.02 Å². The summed E-state index contributed by atoms with van der Waals surface area (Å²) in [5.74, 6) is -0.398. The molecule has 1 saturated heterocycles. The fourth-order valence-electron chi connectivity index (χ4n) is 4.30. The molecule has 0 atom stereocenters. The molecule has 4 aromatic rings. The summed E-state index contributed by atoms with van der Waals surface area (Å²) in [5.41, 5.74) is 2.30. The summed E-state index contributed by atoms with van der Waals surface area (Å²) >= 11 is 12.5. The summed E-state index contributed by atoms with van der Waals surface area (Å²) in [4.78, 5) is 39.8. The number of nitrogens with zero attached hydrogens (tertiary/aromatic N) is 1. The molecule has 1 heterocycles. The van der Waals surface area contributed by atoms with E-state index < -0.39 is 17.8 Å². The number of imide groups is 2. The first-order chi connectivity index (χ1) is 20.8. The Kier molecular flexibility index (Phi) is 9.29. The van der Waals surface area contributed by atoms with Crippen LogP contribution in [0.4, 0.5) is 10.5 Å². The lowest BCUT2D eigenvalue weighted by Crippen LogP contribution is -2.54. The van der Waals surface area contributed by atoms with Crippen LogP contribution in [0.2, 0.25) is 10.0 Å². The van der Waals surface area contributed by atoms with Crippen molar-refractivity contribution >= 4 is 52.8 Å². The third-order valence-electron chi connectivity index (χ3n) is 6.38. The zero-order chi connectivity index (χ0) is 30.3. The van der Waals surface area contributed by atoms with E-state index in [2.05, 4.69) is 5.32 Å². The number of carbonyl (C=O) groups is 3. The molecule has 1 aliphatic rings. The molecule has 43 heavy (non-hydrogen) atoms. The predicted octanol–water partition coefficient (Wildman–Crippen LogP) is 7.22. The minimum Gasteiger partial charge on any atom is -0.490 e. The van der Waals surface area contributed by atoms with Crippen molar-refractivity contribution in [2.75, 3.05) is 11.5 Å². The van der Waals surface area contributed by atoms with Gasteiger partial charge >= 0.3 is 6.03 Å². The summed E-state index contributed by atoms with van der Waals surface area (Å²) in [7, 11) is 0. The maximum Gasteiger partial charge on any atom is 0.335 e. The number of urea groups is 1. The Hall–Kier alpha value is -4.79. The van der Waals surface area contributed by atoms with E-state index in [4.69, 9.17) is 37.4 Å². The van der Waals surface area contributed by atoms with Gasteiger partial charge in [-0.2, -0.15) is 0 Å². The highest BCUT2D eigenvalue weighted by Gasteiger charge is 2.37. The largest absolute Gasteiger partial charge is 0.490 e. The molecule has 5 rings (SSSR count). The molecule has 0 saturated carbocycles. The summed E-state index contributed by atoms with van der Waals surface area (Å²) in [6.07, 6.45) is 1.36. The molecule has 1 fully saturated rings. The second-order valence-electron chi connectivity index (χ2n) is 9.40. The van der Waals surface area contributed by atoms with E-state index in [1.165, 1.54) is 6.08 Å². The van der Waals surface area contributed by atoms with Crippen LogP contribution in [0.25, 0.3) is 6.08 Å². The van der Waals surface area contributed by atoms with Crippen LogP contribution in [0.5, 0.6) is 17.2 Å². The Labute approximate surface area is 258 Å². The first-order valence-corrected chi connectivity index (χ1v) is 14.1. The van der Waals surface area contributed by atoms with Gasteiger partial charge in [0.1, 0.15) is 24.5 Å². The van der Waals surface area contributed by atoms with Gasteiger partial charge in [0.2, 0.25) is 0 Å². The van der Waals surface area contributed by atoms with E-state index in [0.717, 1.165) is 16.0 Å². The number of halogens is 2. The van der Waals surface area contributed by atoms with Crippen LogP contribution in [0.1, 0.15) is 23.6 Å². The zero-order valence-electron chi connectivity index (χ0n) is 23.0. The third kappa shape index (κ3) is 7.17. The zero-order valence-corrected chi connectivity index (χ0v) is 24.5. The van der Waals surface area contributed by atoms with Gasteiger partial charge in [-0.3, -0.25) is 14.9 Å². The van der Waals surface area contributed by atoms with Crippen molar-refractivity contribution in [2.45, 2.75) is 20.1 Å². The fourth-order valence-corrected chi connectivity index (χ4v) is 4.70. The predicted molar refractivity (Wildman–Crippen MR) is 165 cm³/mol.